The second-order valence-electron chi connectivity index (χ2n) is 7.57. The Morgan fingerprint density at radius 2 is 1.56 bits per heavy atom. The SMILES string of the molecule is CC(Oc1ccc(-c2ccccc2)cc1)C(=O)Nc1ccc(S(=O)(=O)NCc2ccco2)cc1. The molecule has 1 unspecified atom stereocenters. The van der Waals surface area contributed by atoms with Crippen LogP contribution >= 0.6 is 0 Å². The van der Waals surface area contributed by atoms with E-state index in [0.717, 1.165) is 11.1 Å². The first-order chi connectivity index (χ1) is 16.4. The smallest absolute Gasteiger partial charge is 0.265 e. The third-order valence-corrected chi connectivity index (χ3v) is 6.51. The third-order valence-electron chi connectivity index (χ3n) is 5.09. The molecule has 174 valence electrons. The van der Waals surface area contributed by atoms with E-state index < -0.39 is 16.1 Å². The molecule has 4 aromatic rings. The van der Waals surface area contributed by atoms with Gasteiger partial charge in [-0.1, -0.05) is 42.5 Å². The fourth-order valence-corrected chi connectivity index (χ4v) is 4.23. The van der Waals surface area contributed by atoms with Crippen LogP contribution in [0.4, 0.5) is 5.69 Å². The Kier molecular flexibility index (Phi) is 7.10. The topological polar surface area (TPSA) is 97.6 Å². The molecule has 1 atom stereocenters. The number of carbonyl (C=O) groups excluding carboxylic acids is 1. The van der Waals surface area contributed by atoms with Crippen LogP contribution in [0.5, 0.6) is 5.75 Å². The van der Waals surface area contributed by atoms with Gasteiger partial charge in [0.05, 0.1) is 17.7 Å². The minimum atomic E-state index is -3.71. The molecule has 0 saturated heterocycles. The molecule has 0 aliphatic rings. The zero-order chi connectivity index (χ0) is 24.0. The van der Waals surface area contributed by atoms with Gasteiger partial charge in [0.2, 0.25) is 10.0 Å². The zero-order valence-electron chi connectivity index (χ0n) is 18.5. The molecule has 1 heterocycles. The van der Waals surface area contributed by atoms with Gasteiger partial charge in [-0.2, -0.15) is 0 Å². The average Bonchev–Trinajstić information content (AvgIpc) is 3.38. The Morgan fingerprint density at radius 3 is 2.21 bits per heavy atom. The molecule has 0 bridgehead atoms. The molecule has 0 aliphatic carbocycles. The summed E-state index contributed by atoms with van der Waals surface area (Å²) in [5, 5.41) is 2.74. The number of amides is 1. The summed E-state index contributed by atoms with van der Waals surface area (Å²) < 4.78 is 38.2. The normalized spacial score (nSPS) is 12.1. The van der Waals surface area contributed by atoms with Crippen molar-refractivity contribution >= 4 is 21.6 Å². The van der Waals surface area contributed by atoms with E-state index in [4.69, 9.17) is 9.15 Å². The fraction of sp³-hybridized carbons (Fsp3) is 0.115. The average molecular weight is 477 g/mol. The lowest BCUT2D eigenvalue weighted by Gasteiger charge is -2.15. The summed E-state index contributed by atoms with van der Waals surface area (Å²) in [7, 11) is -3.71. The van der Waals surface area contributed by atoms with Crippen molar-refractivity contribution in [2.24, 2.45) is 0 Å². The van der Waals surface area contributed by atoms with Crippen molar-refractivity contribution in [1.29, 1.82) is 0 Å². The van der Waals surface area contributed by atoms with Crippen LogP contribution in [0.15, 0.2) is 107 Å². The maximum absolute atomic E-state index is 12.5. The molecule has 2 N–H and O–H groups in total. The van der Waals surface area contributed by atoms with Crippen LogP contribution in [0.2, 0.25) is 0 Å². The van der Waals surface area contributed by atoms with Crippen molar-refractivity contribution in [3.63, 3.8) is 0 Å². The number of anilines is 1. The van der Waals surface area contributed by atoms with E-state index in [0.29, 0.717) is 17.2 Å². The lowest BCUT2D eigenvalue weighted by atomic mass is 10.1. The van der Waals surface area contributed by atoms with E-state index in [-0.39, 0.29) is 17.3 Å². The Bertz CT molecular complexity index is 1320. The standard InChI is InChI=1S/C26H24N2O5S/c1-19(33-23-13-9-21(10-14-23)20-6-3-2-4-7-20)26(29)28-22-11-15-25(16-12-22)34(30,31)27-18-24-8-5-17-32-24/h2-17,19,27H,18H2,1H3,(H,28,29). The summed E-state index contributed by atoms with van der Waals surface area (Å²) in [6.07, 6.45) is 0.729. The number of ether oxygens (including phenoxy) is 1. The van der Waals surface area contributed by atoms with Crippen LogP contribution in [0.3, 0.4) is 0 Å². The molecular formula is C26H24N2O5S. The van der Waals surface area contributed by atoms with Crippen molar-refractivity contribution in [3.8, 4) is 16.9 Å². The van der Waals surface area contributed by atoms with Gasteiger partial charge in [0, 0.05) is 5.69 Å². The summed E-state index contributed by atoms with van der Waals surface area (Å²) >= 11 is 0. The molecule has 3 aromatic carbocycles. The summed E-state index contributed by atoms with van der Waals surface area (Å²) in [5.41, 5.74) is 2.62. The summed E-state index contributed by atoms with van der Waals surface area (Å²) in [6.45, 7) is 1.70. The molecule has 0 fully saturated rings. The van der Waals surface area contributed by atoms with Gasteiger partial charge in [0.25, 0.3) is 5.91 Å². The molecule has 0 aliphatic heterocycles. The zero-order valence-corrected chi connectivity index (χ0v) is 19.3. The van der Waals surface area contributed by atoms with Gasteiger partial charge in [-0.3, -0.25) is 4.79 Å². The number of nitrogens with one attached hydrogen (secondary N) is 2. The minimum Gasteiger partial charge on any atom is -0.481 e. The maximum Gasteiger partial charge on any atom is 0.265 e. The van der Waals surface area contributed by atoms with Crippen LogP contribution in [-0.2, 0) is 21.4 Å². The van der Waals surface area contributed by atoms with Gasteiger partial charge in [-0.05, 0) is 66.6 Å². The quantitative estimate of drug-likeness (QED) is 0.361. The second-order valence-corrected chi connectivity index (χ2v) is 9.33. The van der Waals surface area contributed by atoms with E-state index in [9.17, 15) is 13.2 Å². The highest BCUT2D eigenvalue weighted by Crippen LogP contribution is 2.23. The van der Waals surface area contributed by atoms with Crippen LogP contribution in [-0.4, -0.2) is 20.4 Å². The first-order valence-corrected chi connectivity index (χ1v) is 12.1. The summed E-state index contributed by atoms with van der Waals surface area (Å²) in [6, 6.07) is 26.8. The maximum atomic E-state index is 12.5. The highest BCUT2D eigenvalue weighted by Gasteiger charge is 2.17. The molecule has 1 amide bonds. The largest absolute Gasteiger partial charge is 0.481 e. The molecule has 7 nitrogen and oxygen atoms in total. The van der Waals surface area contributed by atoms with Crippen LogP contribution in [0, 0.1) is 0 Å². The van der Waals surface area contributed by atoms with E-state index in [1.54, 1.807) is 19.1 Å². The van der Waals surface area contributed by atoms with Crippen LogP contribution in [0.25, 0.3) is 11.1 Å². The van der Waals surface area contributed by atoms with Gasteiger partial charge >= 0.3 is 0 Å². The third kappa shape index (κ3) is 5.92. The first-order valence-electron chi connectivity index (χ1n) is 10.7. The number of hydrogen-bond acceptors (Lipinski definition) is 5. The van der Waals surface area contributed by atoms with Crippen molar-refractivity contribution in [3.05, 3.63) is 103 Å². The monoisotopic (exact) mass is 476 g/mol. The van der Waals surface area contributed by atoms with Gasteiger partial charge in [0.1, 0.15) is 11.5 Å². The molecule has 1 aromatic heterocycles. The minimum absolute atomic E-state index is 0.0506. The van der Waals surface area contributed by atoms with Gasteiger partial charge in [-0.15, -0.1) is 0 Å². The van der Waals surface area contributed by atoms with Crippen molar-refractivity contribution in [2.75, 3.05) is 5.32 Å². The molecule has 34 heavy (non-hydrogen) atoms. The van der Waals surface area contributed by atoms with E-state index in [2.05, 4.69) is 10.0 Å². The number of hydrogen-bond donors (Lipinski definition) is 2. The number of rotatable bonds is 9. The van der Waals surface area contributed by atoms with Crippen LogP contribution in [0.1, 0.15) is 12.7 Å². The molecule has 0 saturated carbocycles. The highest BCUT2D eigenvalue weighted by molar-refractivity contribution is 7.89. The molecule has 0 radical (unpaired) electrons. The lowest BCUT2D eigenvalue weighted by molar-refractivity contribution is -0.122. The molecule has 0 spiro atoms. The summed E-state index contributed by atoms with van der Waals surface area (Å²) in [4.78, 5) is 12.6. The predicted octanol–water partition coefficient (Wildman–Crippen LogP) is 4.83. The Labute approximate surface area is 198 Å². The van der Waals surface area contributed by atoms with Crippen LogP contribution < -0.4 is 14.8 Å². The van der Waals surface area contributed by atoms with Crippen molar-refractivity contribution in [1.82, 2.24) is 4.72 Å². The van der Waals surface area contributed by atoms with E-state index >= 15 is 0 Å². The Hall–Kier alpha value is -3.88. The summed E-state index contributed by atoms with van der Waals surface area (Å²) in [5.74, 6) is 0.737. The van der Waals surface area contributed by atoms with Gasteiger partial charge in [0.15, 0.2) is 6.10 Å². The Morgan fingerprint density at radius 1 is 0.882 bits per heavy atom. The highest BCUT2D eigenvalue weighted by atomic mass is 32.2. The van der Waals surface area contributed by atoms with Crippen molar-refractivity contribution in [2.45, 2.75) is 24.5 Å². The molecule has 4 rings (SSSR count). The number of carbonyl (C=O) groups is 1. The van der Waals surface area contributed by atoms with Gasteiger partial charge < -0.3 is 14.5 Å². The van der Waals surface area contributed by atoms with Gasteiger partial charge in [-0.25, -0.2) is 13.1 Å². The lowest BCUT2D eigenvalue weighted by Crippen LogP contribution is -2.30. The van der Waals surface area contributed by atoms with Crippen molar-refractivity contribution < 1.29 is 22.4 Å². The first kappa shape index (κ1) is 23.3. The van der Waals surface area contributed by atoms with E-state index in [1.807, 2.05) is 54.6 Å². The Balaban J connectivity index is 1.32. The molecule has 8 heteroatoms. The fourth-order valence-electron chi connectivity index (χ4n) is 3.24. The number of furan rings is 1. The molecular weight excluding hydrogens is 452 g/mol. The van der Waals surface area contributed by atoms with E-state index in [1.165, 1.54) is 30.5 Å². The predicted molar refractivity (Wildman–Crippen MR) is 130 cm³/mol. The number of sulfonamides is 1. The number of benzene rings is 3. The second kappa shape index (κ2) is 10.4.